The van der Waals surface area contributed by atoms with Crippen LogP contribution < -0.4 is 0 Å². The summed E-state index contributed by atoms with van der Waals surface area (Å²) in [4.78, 5) is 19.3. The maximum atomic E-state index is 11.9. The molecule has 19 heavy (non-hydrogen) atoms. The average molecular weight is 301 g/mol. The monoisotopic (exact) mass is 300 g/mol. The number of aromatic nitrogens is 2. The van der Waals surface area contributed by atoms with Crippen LogP contribution in [0.4, 0.5) is 0 Å². The smallest absolute Gasteiger partial charge is 0.316 e. The molecule has 0 spiro atoms. The molecule has 4 nitrogen and oxygen atoms in total. The van der Waals surface area contributed by atoms with Gasteiger partial charge in [-0.1, -0.05) is 30.1 Å². The first-order valence-electron chi connectivity index (χ1n) is 6.08. The number of fused-ring (bicyclic) bond motifs is 1. The van der Waals surface area contributed by atoms with Gasteiger partial charge in [-0.15, -0.1) is 0 Å². The van der Waals surface area contributed by atoms with E-state index in [1.54, 1.807) is 19.1 Å². The van der Waals surface area contributed by atoms with Gasteiger partial charge >= 0.3 is 5.97 Å². The standard InChI is InChI=1S/C13H14Cl2N2O2/c1-3-7(13(18)19-4-2)12-16-10-5-8(14)9(15)6-11(10)17-12/h5-7H,3-4H2,1-2H3,(H,16,17). The number of hydrogen-bond donors (Lipinski definition) is 1. The van der Waals surface area contributed by atoms with Crippen LogP contribution in [0.25, 0.3) is 11.0 Å². The fourth-order valence-corrected chi connectivity index (χ4v) is 2.23. The van der Waals surface area contributed by atoms with Crippen LogP contribution in [-0.4, -0.2) is 22.5 Å². The highest BCUT2D eigenvalue weighted by Gasteiger charge is 2.23. The normalized spacial score (nSPS) is 12.6. The van der Waals surface area contributed by atoms with Crippen LogP contribution in [0, 0.1) is 0 Å². The van der Waals surface area contributed by atoms with Gasteiger partial charge in [0.05, 0.1) is 27.7 Å². The van der Waals surface area contributed by atoms with Crippen LogP contribution in [-0.2, 0) is 9.53 Å². The molecule has 0 bridgehead atoms. The molecule has 0 saturated heterocycles. The summed E-state index contributed by atoms with van der Waals surface area (Å²) >= 11 is 11.9. The number of imidazole rings is 1. The average Bonchev–Trinajstić information content (AvgIpc) is 2.73. The maximum Gasteiger partial charge on any atom is 0.316 e. The van der Waals surface area contributed by atoms with Gasteiger partial charge in [-0.3, -0.25) is 4.79 Å². The van der Waals surface area contributed by atoms with Crippen LogP contribution >= 0.6 is 23.2 Å². The third kappa shape index (κ3) is 2.85. The van der Waals surface area contributed by atoms with Crippen molar-refractivity contribution in [2.75, 3.05) is 6.61 Å². The summed E-state index contributed by atoms with van der Waals surface area (Å²) in [6.45, 7) is 4.05. The van der Waals surface area contributed by atoms with Crippen LogP contribution in [0.15, 0.2) is 12.1 Å². The van der Waals surface area contributed by atoms with E-state index in [0.717, 1.165) is 5.52 Å². The van der Waals surface area contributed by atoms with E-state index in [4.69, 9.17) is 27.9 Å². The number of carbonyl (C=O) groups excluding carboxylic acids is 1. The zero-order valence-electron chi connectivity index (χ0n) is 10.7. The van der Waals surface area contributed by atoms with Gasteiger partial charge in [-0.05, 0) is 25.5 Å². The van der Waals surface area contributed by atoms with Gasteiger partial charge in [0.25, 0.3) is 0 Å². The second-order valence-corrected chi connectivity index (χ2v) is 4.93. The summed E-state index contributed by atoms with van der Waals surface area (Å²) in [5.74, 6) is -0.0968. The Balaban J connectivity index is 2.41. The molecule has 0 aliphatic rings. The Kier molecular flexibility index (Phi) is 4.32. The number of nitrogens with one attached hydrogen (secondary N) is 1. The third-order valence-corrected chi connectivity index (χ3v) is 3.57. The van der Waals surface area contributed by atoms with Crippen molar-refractivity contribution in [1.29, 1.82) is 0 Å². The van der Waals surface area contributed by atoms with Gasteiger partial charge in [0.1, 0.15) is 11.7 Å². The number of hydrogen-bond acceptors (Lipinski definition) is 3. The van der Waals surface area contributed by atoms with Gasteiger partial charge in [0.2, 0.25) is 0 Å². The number of nitrogens with zero attached hydrogens (tertiary/aromatic N) is 1. The van der Waals surface area contributed by atoms with E-state index < -0.39 is 5.92 Å². The topological polar surface area (TPSA) is 55.0 Å². The Morgan fingerprint density at radius 3 is 2.68 bits per heavy atom. The van der Waals surface area contributed by atoms with Gasteiger partial charge in [-0.2, -0.15) is 0 Å². The van der Waals surface area contributed by atoms with Gasteiger partial charge in [0.15, 0.2) is 0 Å². The lowest BCUT2D eigenvalue weighted by molar-refractivity contribution is -0.145. The molecule has 0 aliphatic carbocycles. The number of aromatic amines is 1. The molecule has 1 aromatic carbocycles. The molecule has 2 rings (SSSR count). The Morgan fingerprint density at radius 2 is 2.05 bits per heavy atom. The molecule has 0 fully saturated rings. The minimum Gasteiger partial charge on any atom is -0.465 e. The summed E-state index contributed by atoms with van der Waals surface area (Å²) in [6.07, 6.45) is 0.611. The highest BCUT2D eigenvalue weighted by atomic mass is 35.5. The van der Waals surface area contributed by atoms with Crippen molar-refractivity contribution in [1.82, 2.24) is 9.97 Å². The van der Waals surface area contributed by atoms with Gasteiger partial charge in [-0.25, -0.2) is 4.98 Å². The lowest BCUT2D eigenvalue weighted by atomic mass is 10.1. The number of H-pyrrole nitrogens is 1. The Morgan fingerprint density at radius 1 is 1.37 bits per heavy atom. The minimum absolute atomic E-state index is 0.277. The van der Waals surface area contributed by atoms with E-state index in [1.807, 2.05) is 6.92 Å². The van der Waals surface area contributed by atoms with E-state index in [2.05, 4.69) is 9.97 Å². The SMILES string of the molecule is CCOC(=O)C(CC)c1nc2cc(Cl)c(Cl)cc2[nH]1. The lowest BCUT2D eigenvalue weighted by Crippen LogP contribution is -2.16. The predicted octanol–water partition coefficient (Wildman–Crippen LogP) is 3.93. The largest absolute Gasteiger partial charge is 0.465 e. The van der Waals surface area contributed by atoms with Crippen LogP contribution in [0.5, 0.6) is 0 Å². The first-order valence-corrected chi connectivity index (χ1v) is 6.83. The minimum atomic E-state index is -0.398. The highest BCUT2D eigenvalue weighted by Crippen LogP contribution is 2.28. The van der Waals surface area contributed by atoms with Crippen molar-refractivity contribution < 1.29 is 9.53 Å². The molecule has 1 unspecified atom stereocenters. The molecule has 0 aliphatic heterocycles. The van der Waals surface area contributed by atoms with E-state index >= 15 is 0 Å². The van der Waals surface area contributed by atoms with Crippen molar-refractivity contribution >= 4 is 40.2 Å². The second-order valence-electron chi connectivity index (χ2n) is 4.12. The first kappa shape index (κ1) is 14.2. The molecular weight excluding hydrogens is 287 g/mol. The fraction of sp³-hybridized carbons (Fsp3) is 0.385. The van der Waals surface area contributed by atoms with Crippen molar-refractivity contribution in [3.8, 4) is 0 Å². The summed E-state index contributed by atoms with van der Waals surface area (Å²) in [5.41, 5.74) is 1.44. The summed E-state index contributed by atoms with van der Waals surface area (Å²) in [6, 6.07) is 3.38. The summed E-state index contributed by atoms with van der Waals surface area (Å²) in [7, 11) is 0. The summed E-state index contributed by atoms with van der Waals surface area (Å²) in [5, 5.41) is 0.893. The van der Waals surface area contributed by atoms with E-state index in [0.29, 0.717) is 34.4 Å². The third-order valence-electron chi connectivity index (χ3n) is 2.85. The molecule has 6 heteroatoms. The second kappa shape index (κ2) is 5.80. The zero-order valence-corrected chi connectivity index (χ0v) is 12.2. The number of esters is 1. The zero-order chi connectivity index (χ0) is 14.0. The molecule has 2 aromatic rings. The molecule has 0 saturated carbocycles. The van der Waals surface area contributed by atoms with Crippen molar-refractivity contribution in [2.45, 2.75) is 26.2 Å². The van der Waals surface area contributed by atoms with E-state index in [-0.39, 0.29) is 5.97 Å². The number of carbonyl (C=O) groups is 1. The van der Waals surface area contributed by atoms with Crippen molar-refractivity contribution in [2.24, 2.45) is 0 Å². The highest BCUT2D eigenvalue weighted by molar-refractivity contribution is 6.42. The molecule has 102 valence electrons. The quantitative estimate of drug-likeness (QED) is 0.871. The lowest BCUT2D eigenvalue weighted by Gasteiger charge is -2.10. The molecule has 0 radical (unpaired) electrons. The van der Waals surface area contributed by atoms with E-state index in [1.165, 1.54) is 0 Å². The van der Waals surface area contributed by atoms with Crippen LogP contribution in [0.1, 0.15) is 32.0 Å². The van der Waals surface area contributed by atoms with Crippen LogP contribution in [0.2, 0.25) is 10.0 Å². The van der Waals surface area contributed by atoms with Gasteiger partial charge < -0.3 is 9.72 Å². The Labute approximate surface area is 121 Å². The fourth-order valence-electron chi connectivity index (χ4n) is 1.90. The number of halogens is 2. The molecule has 0 amide bonds. The molecular formula is C13H14Cl2N2O2. The van der Waals surface area contributed by atoms with Crippen LogP contribution in [0.3, 0.4) is 0 Å². The van der Waals surface area contributed by atoms with E-state index in [9.17, 15) is 4.79 Å². The number of ether oxygens (including phenoxy) is 1. The Hall–Kier alpha value is -1.26. The number of benzene rings is 1. The first-order chi connectivity index (χ1) is 9.06. The Bertz CT molecular complexity index is 571. The van der Waals surface area contributed by atoms with Crippen molar-refractivity contribution in [3.05, 3.63) is 28.0 Å². The molecule has 1 aromatic heterocycles. The molecule has 1 heterocycles. The number of rotatable bonds is 4. The van der Waals surface area contributed by atoms with Crippen molar-refractivity contribution in [3.63, 3.8) is 0 Å². The van der Waals surface area contributed by atoms with Gasteiger partial charge in [0, 0.05) is 0 Å². The molecule has 1 atom stereocenters. The summed E-state index contributed by atoms with van der Waals surface area (Å²) < 4.78 is 5.04. The maximum absolute atomic E-state index is 11.9. The molecule has 1 N–H and O–H groups in total. The predicted molar refractivity (Wildman–Crippen MR) is 75.8 cm³/mol.